The van der Waals surface area contributed by atoms with Gasteiger partial charge in [-0.05, 0) is 60.7 Å². The molecule has 0 fully saturated rings. The fourth-order valence-corrected chi connectivity index (χ4v) is 5.81. The Kier molecular flexibility index (Phi) is 6.98. The first kappa shape index (κ1) is 24.7. The standard InChI is InChI=1S/C26H14Br2ClNO5S/c1-33-17-6-2-13(3-7-17)25(31)34-20-9-5-15(27)10-14(20)11-19-26(32)35-24(30-19)23-22(29)18-8-4-16(28)12-21(18)36-23/h2-12H,1H3/b19-11+. The number of halogens is 3. The Balaban J connectivity index is 1.47. The molecule has 0 atom stereocenters. The zero-order valence-corrected chi connectivity index (χ0v) is 23.1. The molecule has 0 N–H and O–H groups in total. The van der Waals surface area contributed by atoms with Gasteiger partial charge in [0.2, 0.25) is 5.90 Å². The number of methoxy groups -OCH3 is 1. The number of esters is 2. The van der Waals surface area contributed by atoms with Gasteiger partial charge in [0.15, 0.2) is 5.70 Å². The minimum Gasteiger partial charge on any atom is -0.497 e. The number of nitrogens with zero attached hydrogens (tertiary/aromatic N) is 1. The van der Waals surface area contributed by atoms with Crippen LogP contribution < -0.4 is 9.47 Å². The number of rotatable bonds is 5. The maximum Gasteiger partial charge on any atom is 0.363 e. The summed E-state index contributed by atoms with van der Waals surface area (Å²) in [4.78, 5) is 30.3. The third-order valence-corrected chi connectivity index (χ3v) is 7.83. The molecule has 0 saturated heterocycles. The highest BCUT2D eigenvalue weighted by Crippen LogP contribution is 2.39. The first-order valence-corrected chi connectivity index (χ1v) is 13.2. The lowest BCUT2D eigenvalue weighted by atomic mass is 10.1. The van der Waals surface area contributed by atoms with Crippen LogP contribution in [0.4, 0.5) is 0 Å². The lowest BCUT2D eigenvalue weighted by Crippen LogP contribution is -2.09. The fraction of sp³-hybridized carbons (Fsp3) is 0.0385. The van der Waals surface area contributed by atoms with Gasteiger partial charge >= 0.3 is 11.9 Å². The van der Waals surface area contributed by atoms with E-state index in [4.69, 9.17) is 25.8 Å². The highest BCUT2D eigenvalue weighted by molar-refractivity contribution is 9.10. The zero-order valence-electron chi connectivity index (χ0n) is 18.4. The molecule has 3 aromatic carbocycles. The topological polar surface area (TPSA) is 74.2 Å². The first-order valence-electron chi connectivity index (χ1n) is 10.4. The van der Waals surface area contributed by atoms with Gasteiger partial charge in [-0.2, -0.15) is 0 Å². The van der Waals surface area contributed by atoms with Gasteiger partial charge in [0.1, 0.15) is 16.4 Å². The van der Waals surface area contributed by atoms with E-state index in [0.29, 0.717) is 26.8 Å². The van der Waals surface area contributed by atoms with Crippen molar-refractivity contribution in [2.45, 2.75) is 0 Å². The molecule has 0 amide bonds. The molecule has 2 heterocycles. The van der Waals surface area contributed by atoms with Crippen molar-refractivity contribution in [1.82, 2.24) is 0 Å². The number of aliphatic imine (C=N–C) groups is 1. The molecule has 0 spiro atoms. The molecule has 0 bridgehead atoms. The lowest BCUT2D eigenvalue weighted by Gasteiger charge is -2.09. The molecule has 1 aromatic heterocycles. The second-order valence-electron chi connectivity index (χ2n) is 7.52. The number of fused-ring (bicyclic) bond motifs is 1. The van der Waals surface area contributed by atoms with E-state index in [1.807, 2.05) is 18.2 Å². The Morgan fingerprint density at radius 3 is 2.53 bits per heavy atom. The molecular weight excluding hydrogens is 634 g/mol. The predicted molar refractivity (Wildman–Crippen MR) is 147 cm³/mol. The van der Waals surface area contributed by atoms with Crippen LogP contribution in [0.5, 0.6) is 11.5 Å². The number of cyclic esters (lactones) is 1. The van der Waals surface area contributed by atoms with E-state index in [9.17, 15) is 9.59 Å². The van der Waals surface area contributed by atoms with Crippen LogP contribution in [-0.2, 0) is 9.53 Å². The first-order chi connectivity index (χ1) is 17.3. The molecule has 0 saturated carbocycles. The van der Waals surface area contributed by atoms with E-state index < -0.39 is 11.9 Å². The van der Waals surface area contributed by atoms with Gasteiger partial charge in [-0.25, -0.2) is 14.6 Å². The van der Waals surface area contributed by atoms with E-state index in [1.54, 1.807) is 49.6 Å². The molecule has 4 aromatic rings. The van der Waals surface area contributed by atoms with Crippen molar-refractivity contribution in [3.05, 3.63) is 96.3 Å². The molecule has 5 rings (SSSR count). The van der Waals surface area contributed by atoms with Crippen LogP contribution in [0.1, 0.15) is 20.8 Å². The van der Waals surface area contributed by atoms with Crippen LogP contribution in [0.3, 0.4) is 0 Å². The van der Waals surface area contributed by atoms with E-state index in [1.165, 1.54) is 17.4 Å². The van der Waals surface area contributed by atoms with Crippen molar-refractivity contribution in [3.8, 4) is 11.5 Å². The highest BCUT2D eigenvalue weighted by atomic mass is 79.9. The van der Waals surface area contributed by atoms with Gasteiger partial charge in [-0.1, -0.05) is 49.5 Å². The van der Waals surface area contributed by atoms with Crippen LogP contribution >= 0.6 is 54.8 Å². The SMILES string of the molecule is COc1ccc(C(=O)Oc2ccc(Br)cc2/C=C2/N=C(c3sc4cc(Br)ccc4c3Cl)OC2=O)cc1. The minimum absolute atomic E-state index is 0.0551. The molecular formula is C26H14Br2ClNO5S. The molecule has 0 aliphatic carbocycles. The summed E-state index contributed by atoms with van der Waals surface area (Å²) in [5.41, 5.74) is 0.873. The van der Waals surface area contributed by atoms with Crippen molar-refractivity contribution in [3.63, 3.8) is 0 Å². The summed E-state index contributed by atoms with van der Waals surface area (Å²) in [7, 11) is 1.55. The van der Waals surface area contributed by atoms with Gasteiger partial charge in [-0.3, -0.25) is 0 Å². The average Bonchev–Trinajstić information content (AvgIpc) is 3.39. The average molecular weight is 648 g/mol. The summed E-state index contributed by atoms with van der Waals surface area (Å²) in [6, 6.07) is 17.4. The van der Waals surface area contributed by atoms with Crippen LogP contribution in [0.15, 0.2) is 80.3 Å². The summed E-state index contributed by atoms with van der Waals surface area (Å²) in [6.07, 6.45) is 1.51. The Morgan fingerprint density at radius 1 is 1.06 bits per heavy atom. The van der Waals surface area contributed by atoms with E-state index in [2.05, 4.69) is 36.9 Å². The van der Waals surface area contributed by atoms with Crippen molar-refractivity contribution >= 4 is 88.8 Å². The molecule has 0 unspecified atom stereocenters. The predicted octanol–water partition coefficient (Wildman–Crippen LogP) is 7.65. The summed E-state index contributed by atoms with van der Waals surface area (Å²) in [5.74, 6) is -0.179. The van der Waals surface area contributed by atoms with Gasteiger partial charge in [0.25, 0.3) is 0 Å². The van der Waals surface area contributed by atoms with Crippen LogP contribution in [0, 0.1) is 0 Å². The smallest absolute Gasteiger partial charge is 0.363 e. The lowest BCUT2D eigenvalue weighted by molar-refractivity contribution is -0.129. The van der Waals surface area contributed by atoms with Crippen LogP contribution in [-0.4, -0.2) is 24.9 Å². The molecule has 10 heteroatoms. The monoisotopic (exact) mass is 645 g/mol. The number of hydrogen-bond acceptors (Lipinski definition) is 7. The van der Waals surface area contributed by atoms with E-state index in [-0.39, 0.29) is 17.3 Å². The molecule has 1 aliphatic rings. The Morgan fingerprint density at radius 2 is 1.78 bits per heavy atom. The van der Waals surface area contributed by atoms with Crippen molar-refractivity contribution in [2.75, 3.05) is 7.11 Å². The summed E-state index contributed by atoms with van der Waals surface area (Å²) >= 11 is 14.8. The van der Waals surface area contributed by atoms with Crippen molar-refractivity contribution in [2.24, 2.45) is 4.99 Å². The molecule has 6 nitrogen and oxygen atoms in total. The van der Waals surface area contributed by atoms with Crippen molar-refractivity contribution < 1.29 is 23.8 Å². The number of carbonyl (C=O) groups is 2. The van der Waals surface area contributed by atoms with Crippen LogP contribution in [0.25, 0.3) is 16.2 Å². The highest BCUT2D eigenvalue weighted by Gasteiger charge is 2.28. The normalized spacial score (nSPS) is 14.2. The second kappa shape index (κ2) is 10.2. The van der Waals surface area contributed by atoms with Crippen molar-refractivity contribution in [1.29, 1.82) is 0 Å². The number of thiophene rings is 1. The molecule has 36 heavy (non-hydrogen) atoms. The Labute approximate surface area is 231 Å². The minimum atomic E-state index is -0.632. The second-order valence-corrected chi connectivity index (χ2v) is 10.8. The molecule has 1 aliphatic heterocycles. The number of ether oxygens (including phenoxy) is 3. The summed E-state index contributed by atoms with van der Waals surface area (Å²) in [6.45, 7) is 0. The van der Waals surface area contributed by atoms with Gasteiger partial charge in [-0.15, -0.1) is 11.3 Å². The zero-order chi connectivity index (χ0) is 25.4. The maximum absolute atomic E-state index is 12.7. The summed E-state index contributed by atoms with van der Waals surface area (Å²) in [5, 5.41) is 1.31. The number of carbonyl (C=O) groups excluding carboxylic acids is 2. The van der Waals surface area contributed by atoms with Crippen LogP contribution in [0.2, 0.25) is 5.02 Å². The molecule has 180 valence electrons. The quantitative estimate of drug-likeness (QED) is 0.126. The molecule has 0 radical (unpaired) electrons. The number of hydrogen-bond donors (Lipinski definition) is 0. The Hall–Kier alpha value is -2.98. The maximum atomic E-state index is 12.7. The third-order valence-electron chi connectivity index (χ3n) is 5.20. The summed E-state index contributed by atoms with van der Waals surface area (Å²) < 4.78 is 18.8. The third kappa shape index (κ3) is 4.97. The number of benzene rings is 3. The fourth-order valence-electron chi connectivity index (χ4n) is 3.44. The largest absolute Gasteiger partial charge is 0.497 e. The van der Waals surface area contributed by atoms with Gasteiger partial charge < -0.3 is 14.2 Å². The van der Waals surface area contributed by atoms with Gasteiger partial charge in [0, 0.05) is 24.6 Å². The van der Waals surface area contributed by atoms with E-state index >= 15 is 0 Å². The van der Waals surface area contributed by atoms with Gasteiger partial charge in [0.05, 0.1) is 17.7 Å². The van der Waals surface area contributed by atoms with E-state index in [0.717, 1.165) is 19.0 Å². The Bertz CT molecular complexity index is 1590.